The molecular weight excluding hydrogens is 338 g/mol. The van der Waals surface area contributed by atoms with Crippen molar-refractivity contribution < 1.29 is 9.47 Å². The van der Waals surface area contributed by atoms with E-state index in [9.17, 15) is 0 Å². The molecule has 2 aromatic carbocycles. The number of benzene rings is 2. The number of aromatic amines is 1. The normalized spacial score (nSPS) is 17.5. The Labute approximate surface area is 160 Å². The minimum Gasteiger partial charge on any atom is -0.497 e. The maximum atomic E-state index is 5.87. The van der Waals surface area contributed by atoms with Crippen LogP contribution in [0.1, 0.15) is 24.8 Å². The minimum absolute atomic E-state index is 0.356. The third-order valence-electron chi connectivity index (χ3n) is 5.28. The van der Waals surface area contributed by atoms with E-state index in [0.29, 0.717) is 6.10 Å². The lowest BCUT2D eigenvalue weighted by Crippen LogP contribution is -2.33. The Morgan fingerprint density at radius 1 is 1.19 bits per heavy atom. The first-order valence-corrected chi connectivity index (χ1v) is 9.63. The number of hydrogen-bond donors (Lipinski definition) is 1. The highest BCUT2D eigenvalue weighted by Gasteiger charge is 2.17. The van der Waals surface area contributed by atoms with Gasteiger partial charge in [0.15, 0.2) is 0 Å². The van der Waals surface area contributed by atoms with Gasteiger partial charge in [-0.3, -0.25) is 10.00 Å². The van der Waals surface area contributed by atoms with E-state index in [4.69, 9.17) is 9.47 Å². The fourth-order valence-corrected chi connectivity index (χ4v) is 3.84. The molecule has 0 unspecified atom stereocenters. The molecule has 0 saturated carbocycles. The number of aromatic nitrogens is 2. The molecule has 1 aliphatic heterocycles. The summed E-state index contributed by atoms with van der Waals surface area (Å²) in [6, 6.07) is 12.6. The number of hydrogen-bond acceptors (Lipinski definition) is 4. The van der Waals surface area contributed by atoms with Gasteiger partial charge in [-0.05, 0) is 55.3 Å². The summed E-state index contributed by atoms with van der Waals surface area (Å²) in [6.07, 6.45) is 5.93. The molecule has 142 valence electrons. The van der Waals surface area contributed by atoms with Gasteiger partial charge in [0.1, 0.15) is 5.75 Å². The Bertz CT molecular complexity index is 899. The van der Waals surface area contributed by atoms with Crippen LogP contribution in [0.2, 0.25) is 0 Å². The summed E-state index contributed by atoms with van der Waals surface area (Å²) in [5, 5.41) is 9.85. The van der Waals surface area contributed by atoms with E-state index in [0.717, 1.165) is 43.1 Å². The lowest BCUT2D eigenvalue weighted by molar-refractivity contribution is -0.00257. The van der Waals surface area contributed by atoms with Gasteiger partial charge >= 0.3 is 0 Å². The number of nitrogens with one attached hydrogen (secondary N) is 1. The van der Waals surface area contributed by atoms with Gasteiger partial charge in [0.25, 0.3) is 0 Å². The standard InChI is InChI=1S/C22H27N3O2/c1-25(15-21-5-3-4-10-27-21)14-19-13-23-24-22(19)18-7-6-17-12-20(26-2)9-8-16(17)11-18/h6-9,11-13,21H,3-5,10,14-15H2,1-2H3,(H,23,24)/t21-/m1/s1. The van der Waals surface area contributed by atoms with E-state index in [1.807, 2.05) is 12.3 Å². The molecule has 0 amide bonds. The van der Waals surface area contributed by atoms with Gasteiger partial charge < -0.3 is 9.47 Å². The molecule has 1 atom stereocenters. The van der Waals surface area contributed by atoms with E-state index in [1.165, 1.54) is 29.2 Å². The van der Waals surface area contributed by atoms with E-state index < -0.39 is 0 Å². The van der Waals surface area contributed by atoms with Crippen LogP contribution in [0, 0.1) is 0 Å². The third kappa shape index (κ3) is 4.15. The summed E-state index contributed by atoms with van der Waals surface area (Å²) in [5.41, 5.74) is 3.45. The van der Waals surface area contributed by atoms with Gasteiger partial charge in [0, 0.05) is 30.8 Å². The molecule has 27 heavy (non-hydrogen) atoms. The Kier molecular flexibility index (Phi) is 5.41. The molecule has 0 bridgehead atoms. The van der Waals surface area contributed by atoms with E-state index in [2.05, 4.69) is 52.5 Å². The second-order valence-corrected chi connectivity index (χ2v) is 7.38. The number of H-pyrrole nitrogens is 1. The smallest absolute Gasteiger partial charge is 0.119 e. The van der Waals surface area contributed by atoms with Gasteiger partial charge in [0.2, 0.25) is 0 Å². The molecule has 2 heterocycles. The number of likely N-dealkylation sites (N-methyl/N-ethyl adjacent to an activating group) is 1. The fourth-order valence-electron chi connectivity index (χ4n) is 3.84. The van der Waals surface area contributed by atoms with Crippen LogP contribution in [-0.4, -0.2) is 48.5 Å². The predicted octanol–water partition coefficient (Wildman–Crippen LogP) is 4.24. The molecule has 1 aromatic heterocycles. The number of fused-ring (bicyclic) bond motifs is 1. The molecular formula is C22H27N3O2. The number of ether oxygens (including phenoxy) is 2. The summed E-state index contributed by atoms with van der Waals surface area (Å²) in [7, 11) is 3.85. The highest BCUT2D eigenvalue weighted by atomic mass is 16.5. The van der Waals surface area contributed by atoms with E-state index in [-0.39, 0.29) is 0 Å². The van der Waals surface area contributed by atoms with Gasteiger partial charge in [0.05, 0.1) is 25.1 Å². The zero-order chi connectivity index (χ0) is 18.6. The van der Waals surface area contributed by atoms with Crippen molar-refractivity contribution in [3.05, 3.63) is 48.2 Å². The molecule has 0 spiro atoms. The van der Waals surface area contributed by atoms with Crippen molar-refractivity contribution in [2.75, 3.05) is 27.3 Å². The number of nitrogens with zero attached hydrogens (tertiary/aromatic N) is 2. The van der Waals surface area contributed by atoms with Crippen LogP contribution in [0.4, 0.5) is 0 Å². The monoisotopic (exact) mass is 365 g/mol. The second-order valence-electron chi connectivity index (χ2n) is 7.38. The molecule has 0 radical (unpaired) electrons. The van der Waals surface area contributed by atoms with Crippen molar-refractivity contribution in [3.8, 4) is 17.0 Å². The zero-order valence-electron chi connectivity index (χ0n) is 16.1. The molecule has 1 saturated heterocycles. The Morgan fingerprint density at radius 2 is 2.04 bits per heavy atom. The predicted molar refractivity (Wildman–Crippen MR) is 108 cm³/mol. The molecule has 4 rings (SSSR count). The van der Waals surface area contributed by atoms with Crippen molar-refractivity contribution in [1.29, 1.82) is 0 Å². The van der Waals surface area contributed by atoms with Crippen LogP contribution in [0.3, 0.4) is 0 Å². The van der Waals surface area contributed by atoms with Crippen LogP contribution in [0.5, 0.6) is 5.75 Å². The lowest BCUT2D eigenvalue weighted by Gasteiger charge is -2.27. The van der Waals surface area contributed by atoms with Crippen molar-refractivity contribution >= 4 is 10.8 Å². The van der Waals surface area contributed by atoms with Crippen LogP contribution in [0.25, 0.3) is 22.0 Å². The van der Waals surface area contributed by atoms with E-state index in [1.54, 1.807) is 7.11 Å². The topological polar surface area (TPSA) is 50.4 Å². The Hall–Kier alpha value is -2.37. The van der Waals surface area contributed by atoms with Gasteiger partial charge in [-0.2, -0.15) is 5.10 Å². The molecule has 3 aromatic rings. The van der Waals surface area contributed by atoms with Gasteiger partial charge in [-0.1, -0.05) is 18.2 Å². The largest absolute Gasteiger partial charge is 0.497 e. The number of methoxy groups -OCH3 is 1. The summed E-state index contributed by atoms with van der Waals surface area (Å²) in [4.78, 5) is 2.33. The lowest BCUT2D eigenvalue weighted by atomic mass is 10.0. The fraction of sp³-hybridized carbons (Fsp3) is 0.409. The summed E-state index contributed by atoms with van der Waals surface area (Å²) < 4.78 is 11.2. The maximum Gasteiger partial charge on any atom is 0.119 e. The van der Waals surface area contributed by atoms with Crippen molar-refractivity contribution in [3.63, 3.8) is 0 Å². The first-order valence-electron chi connectivity index (χ1n) is 9.63. The molecule has 5 nitrogen and oxygen atoms in total. The highest BCUT2D eigenvalue weighted by molar-refractivity contribution is 5.88. The van der Waals surface area contributed by atoms with Crippen LogP contribution in [0.15, 0.2) is 42.6 Å². The molecule has 1 N–H and O–H groups in total. The summed E-state index contributed by atoms with van der Waals surface area (Å²) in [6.45, 7) is 2.71. The first kappa shape index (κ1) is 18.0. The molecule has 5 heteroatoms. The van der Waals surface area contributed by atoms with Crippen LogP contribution in [-0.2, 0) is 11.3 Å². The SMILES string of the molecule is COc1ccc2cc(-c3[nH]ncc3CN(C)C[C@H]3CCCCO3)ccc2c1. The summed E-state index contributed by atoms with van der Waals surface area (Å²) >= 11 is 0. The quantitative estimate of drug-likeness (QED) is 0.710. The highest BCUT2D eigenvalue weighted by Crippen LogP contribution is 2.28. The zero-order valence-corrected chi connectivity index (χ0v) is 16.1. The van der Waals surface area contributed by atoms with Gasteiger partial charge in [-0.15, -0.1) is 0 Å². The third-order valence-corrected chi connectivity index (χ3v) is 5.28. The number of rotatable bonds is 6. The second kappa shape index (κ2) is 8.11. The first-order chi connectivity index (χ1) is 13.2. The molecule has 1 aliphatic rings. The minimum atomic E-state index is 0.356. The average molecular weight is 365 g/mol. The summed E-state index contributed by atoms with van der Waals surface area (Å²) in [5.74, 6) is 0.879. The molecule has 1 fully saturated rings. The maximum absolute atomic E-state index is 5.87. The Morgan fingerprint density at radius 3 is 2.85 bits per heavy atom. The van der Waals surface area contributed by atoms with Crippen molar-refractivity contribution in [1.82, 2.24) is 15.1 Å². The van der Waals surface area contributed by atoms with Gasteiger partial charge in [-0.25, -0.2) is 0 Å². The van der Waals surface area contributed by atoms with E-state index >= 15 is 0 Å². The Balaban J connectivity index is 1.51. The average Bonchev–Trinajstić information content (AvgIpc) is 3.15. The van der Waals surface area contributed by atoms with Crippen LogP contribution >= 0.6 is 0 Å². The van der Waals surface area contributed by atoms with Crippen molar-refractivity contribution in [2.24, 2.45) is 0 Å². The molecule has 0 aliphatic carbocycles. The van der Waals surface area contributed by atoms with Crippen LogP contribution < -0.4 is 4.74 Å². The van der Waals surface area contributed by atoms with Crippen molar-refractivity contribution in [2.45, 2.75) is 31.9 Å².